The van der Waals surface area contributed by atoms with Crippen molar-refractivity contribution in [2.75, 3.05) is 16.8 Å². The molecule has 0 atom stereocenters. The average molecular weight is 398 g/mol. The van der Waals surface area contributed by atoms with Crippen molar-refractivity contribution in [3.05, 3.63) is 53.1 Å². The Bertz CT molecular complexity index is 826. The smallest absolute Gasteiger partial charge is 0.399 e. The van der Waals surface area contributed by atoms with Gasteiger partial charge in [0.15, 0.2) is 23.3 Å². The molecule has 3 nitrogen and oxygen atoms in total. The minimum Gasteiger partial charge on any atom is -0.399 e. The van der Waals surface area contributed by atoms with Gasteiger partial charge in [-0.25, -0.2) is 17.6 Å². The second-order valence-corrected chi connectivity index (χ2v) is 5.96. The van der Waals surface area contributed by atoms with Crippen molar-refractivity contribution in [1.29, 1.82) is 0 Å². The number of carbonyl (C=O) groups is 1. The summed E-state index contributed by atoms with van der Waals surface area (Å²) in [7, 11) is 0. The number of amides is 1. The maximum Gasteiger partial charge on any atom is 0.422 e. The molecule has 0 fully saturated rings. The van der Waals surface area contributed by atoms with Crippen LogP contribution in [0.4, 0.5) is 42.1 Å². The molecule has 3 N–H and O–H groups in total. The first kappa shape index (κ1) is 19.9. The molecule has 140 valence electrons. The lowest BCUT2D eigenvalue weighted by molar-refractivity contribution is -0.143. The van der Waals surface area contributed by atoms with E-state index in [9.17, 15) is 35.5 Å². The summed E-state index contributed by atoms with van der Waals surface area (Å²) in [5.74, 6) is -11.5. The molecular weight excluding hydrogens is 389 g/mol. The Hall–Kier alpha value is -2.43. The first-order chi connectivity index (χ1) is 12.0. The topological polar surface area (TPSA) is 55.1 Å². The van der Waals surface area contributed by atoms with Gasteiger partial charge in [0.1, 0.15) is 11.3 Å². The number of rotatable bonds is 4. The fraction of sp³-hybridized carbons (Fsp3) is 0.133. The molecule has 2 rings (SSSR count). The van der Waals surface area contributed by atoms with E-state index in [1.165, 1.54) is 11.4 Å². The summed E-state index contributed by atoms with van der Waals surface area (Å²) in [6.45, 7) is 0. The molecule has 0 aliphatic rings. The first-order valence-electron chi connectivity index (χ1n) is 6.73. The zero-order valence-corrected chi connectivity index (χ0v) is 13.4. The Morgan fingerprint density at radius 3 is 2.12 bits per heavy atom. The van der Waals surface area contributed by atoms with Crippen LogP contribution in [0.3, 0.4) is 0 Å². The van der Waals surface area contributed by atoms with Gasteiger partial charge in [0.2, 0.25) is 5.91 Å². The van der Waals surface area contributed by atoms with Gasteiger partial charge in [-0.3, -0.25) is 4.79 Å². The number of nitrogens with two attached hydrogens (primary N) is 1. The fourth-order valence-electron chi connectivity index (χ4n) is 1.92. The first-order valence-corrected chi connectivity index (χ1v) is 7.72. The van der Waals surface area contributed by atoms with Crippen LogP contribution in [0.25, 0.3) is 0 Å². The quantitative estimate of drug-likeness (QED) is 0.343. The summed E-state index contributed by atoms with van der Waals surface area (Å²) in [4.78, 5) is 12.2. The monoisotopic (exact) mass is 398 g/mol. The van der Waals surface area contributed by atoms with Crippen LogP contribution in [-0.4, -0.2) is 11.7 Å². The zero-order chi connectivity index (χ0) is 19.6. The normalized spacial score (nSPS) is 11.5. The van der Waals surface area contributed by atoms with E-state index < -0.39 is 52.4 Å². The van der Waals surface area contributed by atoms with Gasteiger partial charge < -0.3 is 11.1 Å². The molecule has 0 bridgehead atoms. The molecule has 11 heteroatoms. The minimum atomic E-state index is -5.65. The van der Waals surface area contributed by atoms with Crippen LogP contribution in [0.5, 0.6) is 0 Å². The van der Waals surface area contributed by atoms with Gasteiger partial charge in [0, 0.05) is 10.6 Å². The molecule has 0 heterocycles. The Morgan fingerprint density at radius 1 is 1.04 bits per heavy atom. The summed E-state index contributed by atoms with van der Waals surface area (Å²) < 4.78 is 91.8. The Kier molecular flexibility index (Phi) is 5.69. The molecule has 0 unspecified atom stereocenters. The molecular formula is C15H9F7N2OS. The predicted octanol–water partition coefficient (Wildman–Crippen LogP) is 4.57. The van der Waals surface area contributed by atoms with Crippen LogP contribution in [0.1, 0.15) is 5.56 Å². The van der Waals surface area contributed by atoms with Crippen molar-refractivity contribution in [2.24, 2.45) is 0 Å². The number of anilines is 2. The summed E-state index contributed by atoms with van der Waals surface area (Å²) in [5, 5.41) is 1.54. The second kappa shape index (κ2) is 7.44. The molecule has 0 aliphatic heterocycles. The second-order valence-electron chi connectivity index (χ2n) is 4.91. The molecule has 0 aromatic heterocycles. The molecule has 2 aromatic rings. The Labute approximate surface area is 146 Å². The van der Waals surface area contributed by atoms with Crippen molar-refractivity contribution < 1.29 is 35.5 Å². The van der Waals surface area contributed by atoms with Gasteiger partial charge in [-0.2, -0.15) is 13.2 Å². The van der Waals surface area contributed by atoms with Gasteiger partial charge in [-0.15, -0.1) is 11.8 Å². The van der Waals surface area contributed by atoms with E-state index in [-0.39, 0.29) is 0 Å². The van der Waals surface area contributed by atoms with Crippen molar-refractivity contribution in [3.63, 3.8) is 0 Å². The molecule has 2 aromatic carbocycles. The highest BCUT2D eigenvalue weighted by molar-refractivity contribution is 8.00. The van der Waals surface area contributed by atoms with E-state index >= 15 is 0 Å². The number of alkyl halides is 3. The number of carbonyl (C=O) groups excluding carboxylic acids is 1. The number of halogens is 7. The molecule has 0 aliphatic carbocycles. The SMILES string of the molecule is Nc1cccc(SCC(=O)Nc2c(F)c(F)c(C(F)(F)F)c(F)c2F)c1. The van der Waals surface area contributed by atoms with E-state index in [0.717, 1.165) is 11.8 Å². The van der Waals surface area contributed by atoms with Crippen LogP contribution in [0, 0.1) is 23.3 Å². The number of benzene rings is 2. The van der Waals surface area contributed by atoms with E-state index in [1.807, 2.05) is 0 Å². The van der Waals surface area contributed by atoms with E-state index in [1.54, 1.807) is 18.2 Å². The van der Waals surface area contributed by atoms with E-state index in [0.29, 0.717) is 10.6 Å². The highest BCUT2D eigenvalue weighted by atomic mass is 32.2. The van der Waals surface area contributed by atoms with Gasteiger partial charge >= 0.3 is 6.18 Å². The summed E-state index contributed by atoms with van der Waals surface area (Å²) in [5.41, 5.74) is 1.57. The van der Waals surface area contributed by atoms with Crippen molar-refractivity contribution in [3.8, 4) is 0 Å². The van der Waals surface area contributed by atoms with Gasteiger partial charge in [0.05, 0.1) is 5.75 Å². The predicted molar refractivity (Wildman–Crippen MR) is 81.5 cm³/mol. The molecule has 26 heavy (non-hydrogen) atoms. The summed E-state index contributed by atoms with van der Waals surface area (Å²) >= 11 is 0.885. The van der Waals surface area contributed by atoms with E-state index in [4.69, 9.17) is 5.73 Å². The Morgan fingerprint density at radius 2 is 1.62 bits per heavy atom. The van der Waals surface area contributed by atoms with Crippen molar-refractivity contribution in [2.45, 2.75) is 11.1 Å². The number of hydrogen-bond donors (Lipinski definition) is 2. The standard InChI is InChI=1S/C15H9F7N2OS/c16-10-9(15(20,21)22)11(17)13(19)14(12(10)18)24-8(25)5-26-7-3-1-2-6(23)4-7/h1-4H,5,23H2,(H,24,25). The number of thioether (sulfide) groups is 1. The van der Waals surface area contributed by atoms with Crippen LogP contribution in [0.15, 0.2) is 29.2 Å². The van der Waals surface area contributed by atoms with Crippen LogP contribution >= 0.6 is 11.8 Å². The lowest BCUT2D eigenvalue weighted by Gasteiger charge is -2.14. The highest BCUT2D eigenvalue weighted by Gasteiger charge is 2.42. The van der Waals surface area contributed by atoms with E-state index in [2.05, 4.69) is 0 Å². The molecule has 1 amide bonds. The molecule has 0 spiro atoms. The third-order valence-corrected chi connectivity index (χ3v) is 4.03. The average Bonchev–Trinajstić information content (AvgIpc) is 2.54. The third-order valence-electron chi connectivity index (χ3n) is 3.04. The Balaban J connectivity index is 2.23. The maximum atomic E-state index is 13.7. The van der Waals surface area contributed by atoms with Crippen molar-refractivity contribution >= 4 is 29.0 Å². The van der Waals surface area contributed by atoms with Crippen LogP contribution in [0.2, 0.25) is 0 Å². The van der Waals surface area contributed by atoms with Gasteiger partial charge in [0.25, 0.3) is 0 Å². The lowest BCUT2D eigenvalue weighted by Crippen LogP contribution is -2.21. The maximum absolute atomic E-state index is 13.7. The van der Waals surface area contributed by atoms with Gasteiger partial charge in [-0.1, -0.05) is 6.07 Å². The molecule has 0 radical (unpaired) electrons. The molecule has 0 saturated heterocycles. The largest absolute Gasteiger partial charge is 0.422 e. The number of nitrogens with one attached hydrogen (secondary N) is 1. The molecule has 0 saturated carbocycles. The number of nitrogen functional groups attached to an aromatic ring is 1. The van der Waals surface area contributed by atoms with Gasteiger partial charge in [-0.05, 0) is 18.2 Å². The zero-order valence-electron chi connectivity index (χ0n) is 12.6. The third kappa shape index (κ3) is 4.21. The highest BCUT2D eigenvalue weighted by Crippen LogP contribution is 2.38. The summed E-state index contributed by atoms with van der Waals surface area (Å²) in [6.07, 6.45) is -5.65. The lowest BCUT2D eigenvalue weighted by atomic mass is 10.1. The van der Waals surface area contributed by atoms with Crippen molar-refractivity contribution in [1.82, 2.24) is 0 Å². The van der Waals surface area contributed by atoms with Crippen LogP contribution < -0.4 is 11.1 Å². The number of hydrogen-bond acceptors (Lipinski definition) is 3. The fourth-order valence-corrected chi connectivity index (χ4v) is 2.68. The van der Waals surface area contributed by atoms with Crippen LogP contribution in [-0.2, 0) is 11.0 Å². The summed E-state index contributed by atoms with van der Waals surface area (Å²) in [6, 6.07) is 6.22. The minimum absolute atomic E-state index is 0.388.